The van der Waals surface area contributed by atoms with Gasteiger partial charge >= 0.3 is 0 Å². The van der Waals surface area contributed by atoms with Gasteiger partial charge in [-0.3, -0.25) is 4.21 Å². The zero-order valence-electron chi connectivity index (χ0n) is 6.16. The molecule has 2 saturated heterocycles. The van der Waals surface area contributed by atoms with Crippen LogP contribution in [0, 0.1) is 0 Å². The first-order valence-corrected chi connectivity index (χ1v) is 5.06. The fourth-order valence-corrected chi connectivity index (χ4v) is 3.06. The van der Waals surface area contributed by atoms with Crippen molar-refractivity contribution in [3.63, 3.8) is 0 Å². The molecule has 2 heterocycles. The van der Waals surface area contributed by atoms with Crippen LogP contribution in [0.25, 0.3) is 0 Å². The third-order valence-electron chi connectivity index (χ3n) is 2.26. The molecule has 12 heavy (non-hydrogen) atoms. The van der Waals surface area contributed by atoms with E-state index in [1.807, 2.05) is 0 Å². The Kier molecular flexibility index (Phi) is 1.96. The molecule has 0 radical (unpaired) electrons. The highest BCUT2D eigenvalue weighted by molar-refractivity contribution is 7.85. The summed E-state index contributed by atoms with van der Waals surface area (Å²) in [6.45, 7) is 0. The summed E-state index contributed by atoms with van der Waals surface area (Å²) in [5, 5.41) is 27.8. The highest BCUT2D eigenvalue weighted by atomic mass is 32.2. The minimum atomic E-state index is -1.29. The van der Waals surface area contributed by atoms with Crippen molar-refractivity contribution in [3.8, 4) is 0 Å². The van der Waals surface area contributed by atoms with Gasteiger partial charge in [-0.1, -0.05) is 0 Å². The SMILES string of the molecule is O=S1C[C@H]2O[C@@H]1[C@@H](O)[C@@H](O)[C@@H]2O. The van der Waals surface area contributed by atoms with Crippen LogP contribution >= 0.6 is 0 Å². The van der Waals surface area contributed by atoms with E-state index in [2.05, 4.69) is 0 Å². The van der Waals surface area contributed by atoms with Crippen LogP contribution < -0.4 is 0 Å². The maximum atomic E-state index is 11.2. The first kappa shape index (κ1) is 8.58. The molecule has 2 fully saturated rings. The van der Waals surface area contributed by atoms with Crippen molar-refractivity contribution in [2.45, 2.75) is 29.9 Å². The molecule has 0 saturated carbocycles. The van der Waals surface area contributed by atoms with Crippen LogP contribution in [-0.4, -0.2) is 55.1 Å². The molecule has 2 rings (SSSR count). The second-order valence-corrected chi connectivity index (χ2v) is 4.62. The Morgan fingerprint density at radius 2 is 1.83 bits per heavy atom. The molecule has 0 aliphatic carbocycles. The van der Waals surface area contributed by atoms with Gasteiger partial charge in [0, 0.05) is 0 Å². The van der Waals surface area contributed by atoms with E-state index in [1.165, 1.54) is 0 Å². The van der Waals surface area contributed by atoms with Crippen molar-refractivity contribution < 1.29 is 24.3 Å². The van der Waals surface area contributed by atoms with Crippen LogP contribution in [0.2, 0.25) is 0 Å². The molecular weight excluding hydrogens is 184 g/mol. The summed E-state index contributed by atoms with van der Waals surface area (Å²) < 4.78 is 16.2. The first-order chi connectivity index (χ1) is 5.61. The molecule has 0 aromatic heterocycles. The summed E-state index contributed by atoms with van der Waals surface area (Å²) in [7, 11) is -1.29. The number of aliphatic hydroxyl groups is 3. The quantitative estimate of drug-likeness (QED) is 0.398. The Morgan fingerprint density at radius 1 is 1.17 bits per heavy atom. The number of hydrogen-bond acceptors (Lipinski definition) is 5. The van der Waals surface area contributed by atoms with E-state index in [1.54, 1.807) is 0 Å². The van der Waals surface area contributed by atoms with Gasteiger partial charge in [0.25, 0.3) is 0 Å². The van der Waals surface area contributed by atoms with Crippen LogP contribution in [0.15, 0.2) is 0 Å². The molecule has 2 aliphatic rings. The molecule has 5 nitrogen and oxygen atoms in total. The monoisotopic (exact) mass is 194 g/mol. The molecule has 6 heteroatoms. The van der Waals surface area contributed by atoms with E-state index in [-0.39, 0.29) is 5.75 Å². The van der Waals surface area contributed by atoms with E-state index in [0.717, 1.165) is 0 Å². The van der Waals surface area contributed by atoms with Crippen molar-refractivity contribution in [2.75, 3.05) is 5.75 Å². The minimum absolute atomic E-state index is 0.194. The molecule has 6 atom stereocenters. The molecule has 1 unspecified atom stereocenters. The Morgan fingerprint density at radius 3 is 2.50 bits per heavy atom. The van der Waals surface area contributed by atoms with Gasteiger partial charge in [0.1, 0.15) is 18.3 Å². The Bertz CT molecular complexity index is 218. The topological polar surface area (TPSA) is 87.0 Å². The molecule has 0 aromatic carbocycles. The maximum absolute atomic E-state index is 11.2. The number of fused-ring (bicyclic) bond motifs is 2. The average Bonchev–Trinajstić information content (AvgIpc) is 2.39. The number of ether oxygens (including phenoxy) is 1. The second kappa shape index (κ2) is 2.74. The third kappa shape index (κ3) is 1.03. The predicted octanol–water partition coefficient (Wildman–Crippen LogP) is -2.44. The van der Waals surface area contributed by atoms with Gasteiger partial charge in [0.15, 0.2) is 5.44 Å². The van der Waals surface area contributed by atoms with Crippen LogP contribution in [-0.2, 0) is 15.5 Å². The van der Waals surface area contributed by atoms with E-state index in [9.17, 15) is 19.5 Å². The van der Waals surface area contributed by atoms with Crippen molar-refractivity contribution >= 4 is 10.8 Å². The van der Waals surface area contributed by atoms with Crippen LogP contribution in [0.1, 0.15) is 0 Å². The second-order valence-electron chi connectivity index (χ2n) is 3.06. The van der Waals surface area contributed by atoms with Gasteiger partial charge < -0.3 is 20.1 Å². The van der Waals surface area contributed by atoms with Crippen molar-refractivity contribution in [1.29, 1.82) is 0 Å². The average molecular weight is 194 g/mol. The summed E-state index contributed by atoms with van der Waals surface area (Å²) in [6.07, 6.45) is -4.18. The highest BCUT2D eigenvalue weighted by Gasteiger charge is 2.51. The number of rotatable bonds is 0. The molecule has 0 aromatic rings. The largest absolute Gasteiger partial charge is 0.388 e. The smallest absolute Gasteiger partial charge is 0.161 e. The van der Waals surface area contributed by atoms with Gasteiger partial charge in [-0.05, 0) is 0 Å². The van der Waals surface area contributed by atoms with Gasteiger partial charge in [0.2, 0.25) is 0 Å². The lowest BCUT2D eigenvalue weighted by molar-refractivity contribution is -0.183. The van der Waals surface area contributed by atoms with E-state index in [4.69, 9.17) is 4.74 Å². The summed E-state index contributed by atoms with van der Waals surface area (Å²) in [4.78, 5) is 0. The van der Waals surface area contributed by atoms with Crippen molar-refractivity contribution in [2.24, 2.45) is 0 Å². The Labute approximate surface area is 71.4 Å². The molecule has 2 bridgehead atoms. The Hall–Kier alpha value is -0.0100. The fraction of sp³-hybridized carbons (Fsp3) is 1.00. The van der Waals surface area contributed by atoms with Crippen LogP contribution in [0.5, 0.6) is 0 Å². The normalized spacial score (nSPS) is 58.9. The van der Waals surface area contributed by atoms with E-state index < -0.39 is 40.7 Å². The lowest BCUT2D eigenvalue weighted by atomic mass is 10.0. The first-order valence-electron chi connectivity index (χ1n) is 3.68. The van der Waals surface area contributed by atoms with Crippen LogP contribution in [0.4, 0.5) is 0 Å². The zero-order valence-corrected chi connectivity index (χ0v) is 6.98. The molecule has 3 N–H and O–H groups in total. The third-order valence-corrected chi connectivity index (χ3v) is 3.82. The molecule has 0 amide bonds. The fourth-order valence-electron chi connectivity index (χ4n) is 1.53. The predicted molar refractivity (Wildman–Crippen MR) is 39.7 cm³/mol. The molecule has 70 valence electrons. The highest BCUT2D eigenvalue weighted by Crippen LogP contribution is 2.30. The van der Waals surface area contributed by atoms with Gasteiger partial charge in [0.05, 0.1) is 22.7 Å². The summed E-state index contributed by atoms with van der Waals surface area (Å²) in [6, 6.07) is 0. The standard InChI is InChI=1S/C6H10O5S/c7-3-2-1-12(10)6(11-2)5(9)4(3)8/h2-9H,1H2/t2-,3-,4+,5+,6+,12?/m1/s1. The molecular formula is C6H10O5S. The summed E-state index contributed by atoms with van der Waals surface area (Å²) in [5.74, 6) is 0.194. The van der Waals surface area contributed by atoms with Crippen molar-refractivity contribution in [1.82, 2.24) is 0 Å². The van der Waals surface area contributed by atoms with Gasteiger partial charge in [-0.25, -0.2) is 0 Å². The Balaban J connectivity index is 2.25. The minimum Gasteiger partial charge on any atom is -0.388 e. The number of hydrogen-bond donors (Lipinski definition) is 3. The van der Waals surface area contributed by atoms with E-state index in [0.29, 0.717) is 0 Å². The van der Waals surface area contributed by atoms with Crippen molar-refractivity contribution in [3.05, 3.63) is 0 Å². The van der Waals surface area contributed by atoms with Gasteiger partial charge in [-0.2, -0.15) is 0 Å². The maximum Gasteiger partial charge on any atom is 0.161 e. The summed E-state index contributed by atoms with van der Waals surface area (Å²) >= 11 is 0. The molecule has 2 aliphatic heterocycles. The molecule has 0 spiro atoms. The number of aliphatic hydroxyl groups excluding tert-OH is 3. The lowest BCUT2D eigenvalue weighted by Gasteiger charge is -2.32. The van der Waals surface area contributed by atoms with Gasteiger partial charge in [-0.15, -0.1) is 0 Å². The lowest BCUT2D eigenvalue weighted by Crippen LogP contribution is -2.53. The van der Waals surface area contributed by atoms with E-state index >= 15 is 0 Å². The summed E-state index contributed by atoms with van der Waals surface area (Å²) in [5.41, 5.74) is -0.826. The zero-order chi connectivity index (χ0) is 8.88. The van der Waals surface area contributed by atoms with Crippen LogP contribution in [0.3, 0.4) is 0 Å².